The molecule has 0 aliphatic heterocycles. The third-order valence-corrected chi connectivity index (χ3v) is 4.40. The Morgan fingerprint density at radius 2 is 1.55 bits per heavy atom. The molecule has 29 heavy (non-hydrogen) atoms. The van der Waals surface area contributed by atoms with Gasteiger partial charge in [-0.1, -0.05) is 18.2 Å². The van der Waals surface area contributed by atoms with Crippen LogP contribution in [-0.2, 0) is 0 Å². The number of benzene rings is 2. The fourth-order valence-corrected chi connectivity index (χ4v) is 3.09. The maximum atomic E-state index is 5.44. The second kappa shape index (κ2) is 8.02. The van der Waals surface area contributed by atoms with Gasteiger partial charge in [0.25, 0.3) is 0 Å². The molecule has 0 bridgehead atoms. The average Bonchev–Trinajstić information content (AvgIpc) is 2.73. The van der Waals surface area contributed by atoms with E-state index in [-0.39, 0.29) is 0 Å². The Morgan fingerprint density at radius 1 is 0.793 bits per heavy atom. The van der Waals surface area contributed by atoms with E-state index in [4.69, 9.17) is 9.47 Å². The predicted molar refractivity (Wildman–Crippen MR) is 115 cm³/mol. The van der Waals surface area contributed by atoms with E-state index in [0.717, 1.165) is 28.0 Å². The van der Waals surface area contributed by atoms with Crippen molar-refractivity contribution >= 4 is 33.9 Å². The highest BCUT2D eigenvalue weighted by atomic mass is 16.5. The van der Waals surface area contributed by atoms with Gasteiger partial charge < -0.3 is 20.1 Å². The van der Waals surface area contributed by atoms with Crippen LogP contribution < -0.4 is 20.1 Å². The first-order chi connectivity index (χ1) is 14.2. The Bertz CT molecular complexity index is 1160. The van der Waals surface area contributed by atoms with Crippen molar-refractivity contribution < 1.29 is 9.47 Å². The molecule has 0 amide bonds. The molecule has 0 radical (unpaired) electrons. The number of pyridine rings is 1. The van der Waals surface area contributed by atoms with Gasteiger partial charge in [0.15, 0.2) is 0 Å². The van der Waals surface area contributed by atoms with Gasteiger partial charge in [0.05, 0.1) is 31.1 Å². The highest BCUT2D eigenvalue weighted by Gasteiger charge is 2.09. The predicted octanol–water partition coefficient (Wildman–Crippen LogP) is 4.84. The number of fused-ring (bicyclic) bond motifs is 1. The van der Waals surface area contributed by atoms with Crippen molar-refractivity contribution in [3.05, 3.63) is 66.6 Å². The summed E-state index contributed by atoms with van der Waals surface area (Å²) in [4.78, 5) is 13.5. The first-order valence-corrected chi connectivity index (χ1v) is 9.12. The van der Waals surface area contributed by atoms with Crippen molar-refractivity contribution in [2.75, 3.05) is 24.9 Å². The van der Waals surface area contributed by atoms with Gasteiger partial charge in [-0.15, -0.1) is 0 Å². The van der Waals surface area contributed by atoms with E-state index < -0.39 is 0 Å². The summed E-state index contributed by atoms with van der Waals surface area (Å²) in [6, 6.07) is 17.3. The van der Waals surface area contributed by atoms with Gasteiger partial charge in [-0.3, -0.25) is 4.98 Å². The molecule has 0 atom stereocenters. The lowest BCUT2D eigenvalue weighted by Gasteiger charge is -2.14. The molecular weight excluding hydrogens is 366 g/mol. The lowest BCUT2D eigenvalue weighted by molar-refractivity contribution is 0.405. The number of hydrogen-bond acceptors (Lipinski definition) is 7. The van der Waals surface area contributed by atoms with Crippen LogP contribution in [0.1, 0.15) is 5.82 Å². The minimum atomic E-state index is 0.632. The van der Waals surface area contributed by atoms with Crippen molar-refractivity contribution in [1.82, 2.24) is 15.0 Å². The monoisotopic (exact) mass is 387 g/mol. The number of para-hydroxylation sites is 1. The van der Waals surface area contributed by atoms with Crippen molar-refractivity contribution in [2.45, 2.75) is 6.92 Å². The molecule has 4 aromatic rings. The van der Waals surface area contributed by atoms with Crippen LogP contribution in [0.3, 0.4) is 0 Å². The van der Waals surface area contributed by atoms with Gasteiger partial charge in [-0.05, 0) is 31.2 Å². The summed E-state index contributed by atoms with van der Waals surface area (Å²) in [7, 11) is 3.25. The number of rotatable bonds is 6. The zero-order chi connectivity index (χ0) is 20.2. The van der Waals surface area contributed by atoms with Crippen molar-refractivity contribution in [1.29, 1.82) is 0 Å². The Morgan fingerprint density at radius 3 is 2.31 bits per heavy atom. The second-order valence-electron chi connectivity index (χ2n) is 6.38. The SMILES string of the molecule is COc1ccc(OC)c(Nc2cc(Nc3cccc4cccnc34)nc(C)n2)c1. The molecule has 0 saturated heterocycles. The van der Waals surface area contributed by atoms with Crippen LogP contribution >= 0.6 is 0 Å². The molecule has 146 valence electrons. The fourth-order valence-electron chi connectivity index (χ4n) is 3.09. The van der Waals surface area contributed by atoms with Gasteiger partial charge in [0.1, 0.15) is 29.0 Å². The molecule has 7 heteroatoms. The minimum absolute atomic E-state index is 0.632. The van der Waals surface area contributed by atoms with Gasteiger partial charge in [0, 0.05) is 23.7 Å². The standard InChI is InChI=1S/C22H21N5O2/c1-14-24-20(26-17-8-4-6-15-7-5-11-23-22(15)17)13-21(25-14)27-18-12-16(28-2)9-10-19(18)29-3/h4-13H,1-3H3,(H2,24,25,26,27). The van der Waals surface area contributed by atoms with Crippen LogP contribution in [0.15, 0.2) is 60.8 Å². The van der Waals surface area contributed by atoms with Gasteiger partial charge >= 0.3 is 0 Å². The quantitative estimate of drug-likeness (QED) is 0.490. The Hall–Kier alpha value is -3.87. The number of anilines is 4. The first kappa shape index (κ1) is 18.5. The van der Waals surface area contributed by atoms with Gasteiger partial charge in [0.2, 0.25) is 0 Å². The lowest BCUT2D eigenvalue weighted by Crippen LogP contribution is -2.03. The molecule has 2 heterocycles. The smallest absolute Gasteiger partial charge is 0.142 e. The van der Waals surface area contributed by atoms with E-state index >= 15 is 0 Å². The van der Waals surface area contributed by atoms with Gasteiger partial charge in [-0.2, -0.15) is 0 Å². The van der Waals surface area contributed by atoms with Crippen molar-refractivity contribution in [2.24, 2.45) is 0 Å². The Balaban J connectivity index is 1.66. The highest BCUT2D eigenvalue weighted by Crippen LogP contribution is 2.32. The van der Waals surface area contributed by atoms with Crippen molar-refractivity contribution in [3.63, 3.8) is 0 Å². The maximum Gasteiger partial charge on any atom is 0.142 e. The van der Waals surface area contributed by atoms with E-state index in [9.17, 15) is 0 Å². The highest BCUT2D eigenvalue weighted by molar-refractivity contribution is 5.91. The minimum Gasteiger partial charge on any atom is -0.497 e. The number of methoxy groups -OCH3 is 2. The van der Waals surface area contributed by atoms with Crippen LogP contribution in [-0.4, -0.2) is 29.2 Å². The van der Waals surface area contributed by atoms with E-state index in [1.807, 2.05) is 61.5 Å². The molecule has 2 aromatic heterocycles. The lowest BCUT2D eigenvalue weighted by atomic mass is 10.2. The molecular formula is C22H21N5O2. The molecule has 2 N–H and O–H groups in total. The molecule has 0 unspecified atom stereocenters. The summed E-state index contributed by atoms with van der Waals surface area (Å²) in [5.74, 6) is 3.35. The van der Waals surface area contributed by atoms with E-state index in [2.05, 4.69) is 25.6 Å². The molecule has 0 saturated carbocycles. The molecule has 0 aliphatic rings. The molecule has 0 spiro atoms. The maximum absolute atomic E-state index is 5.44. The zero-order valence-corrected chi connectivity index (χ0v) is 16.4. The fraction of sp³-hybridized carbons (Fsp3) is 0.136. The van der Waals surface area contributed by atoms with Crippen molar-refractivity contribution in [3.8, 4) is 11.5 Å². The van der Waals surface area contributed by atoms with Crippen LogP contribution in [0.4, 0.5) is 23.0 Å². The number of aromatic nitrogens is 3. The number of hydrogen-bond donors (Lipinski definition) is 2. The van der Waals surface area contributed by atoms with Crippen LogP contribution in [0.5, 0.6) is 11.5 Å². The summed E-state index contributed by atoms with van der Waals surface area (Å²) in [5.41, 5.74) is 2.52. The topological polar surface area (TPSA) is 81.2 Å². The second-order valence-corrected chi connectivity index (χ2v) is 6.38. The summed E-state index contributed by atoms with van der Waals surface area (Å²) < 4.78 is 10.7. The number of nitrogens with zero attached hydrogens (tertiary/aromatic N) is 3. The van der Waals surface area contributed by atoms with Crippen LogP contribution in [0.2, 0.25) is 0 Å². The number of nitrogens with one attached hydrogen (secondary N) is 2. The number of ether oxygens (including phenoxy) is 2. The zero-order valence-electron chi connectivity index (χ0n) is 16.4. The molecule has 0 fully saturated rings. The normalized spacial score (nSPS) is 10.6. The van der Waals surface area contributed by atoms with Crippen LogP contribution in [0, 0.1) is 6.92 Å². The third kappa shape index (κ3) is 4.03. The van der Waals surface area contributed by atoms with Gasteiger partial charge in [-0.25, -0.2) is 9.97 Å². The Kier molecular flexibility index (Phi) is 5.11. The van der Waals surface area contributed by atoms with E-state index in [1.165, 1.54) is 0 Å². The largest absolute Gasteiger partial charge is 0.497 e. The van der Waals surface area contributed by atoms with Crippen LogP contribution in [0.25, 0.3) is 10.9 Å². The molecule has 4 rings (SSSR count). The summed E-state index contributed by atoms with van der Waals surface area (Å²) in [5, 5.41) is 7.70. The van der Waals surface area contributed by atoms with E-state index in [1.54, 1.807) is 20.4 Å². The average molecular weight is 387 g/mol. The number of aryl methyl sites for hydroxylation is 1. The summed E-state index contributed by atoms with van der Waals surface area (Å²) in [6.45, 7) is 1.85. The molecule has 7 nitrogen and oxygen atoms in total. The third-order valence-electron chi connectivity index (χ3n) is 4.40. The first-order valence-electron chi connectivity index (χ1n) is 9.12. The van der Waals surface area contributed by atoms with E-state index in [0.29, 0.717) is 23.2 Å². The Labute approximate surface area is 168 Å². The summed E-state index contributed by atoms with van der Waals surface area (Å²) in [6.07, 6.45) is 1.78. The summed E-state index contributed by atoms with van der Waals surface area (Å²) >= 11 is 0. The molecule has 0 aliphatic carbocycles. The molecule has 2 aromatic carbocycles.